The predicted molar refractivity (Wildman–Crippen MR) is 195 cm³/mol. The maximum atomic E-state index is 10.6. The Morgan fingerprint density at radius 2 is 1.57 bits per heavy atom. The molecular weight excluding hydrogens is 658 g/mol. The van der Waals surface area contributed by atoms with E-state index in [9.17, 15) is 4.79 Å². The minimum absolute atomic E-state index is 0.00512. The smallest absolute Gasteiger partial charge is 0.0473 e. The van der Waals surface area contributed by atoms with Gasteiger partial charge in [0, 0.05) is 0 Å². The topological polar surface area (TPSA) is 65.0 Å². The zero-order valence-electron chi connectivity index (χ0n) is 30.3. The van der Waals surface area contributed by atoms with E-state index >= 15 is 0 Å². The van der Waals surface area contributed by atoms with Gasteiger partial charge in [-0.15, -0.1) is 6.58 Å². The molecule has 0 aliphatic carbocycles. The molecule has 1 unspecified atom stereocenters. The van der Waals surface area contributed by atoms with Gasteiger partial charge in [0.15, 0.2) is 0 Å². The van der Waals surface area contributed by atoms with Gasteiger partial charge in [0.05, 0.1) is 0 Å². The van der Waals surface area contributed by atoms with Crippen molar-refractivity contribution in [1.82, 2.24) is 0 Å². The molecule has 0 radical (unpaired) electrons. The molecule has 1 aromatic carbocycles. The first-order valence-corrected chi connectivity index (χ1v) is 19.7. The van der Waals surface area contributed by atoms with Crippen LogP contribution >= 0.6 is 0 Å². The van der Waals surface area contributed by atoms with Crippen molar-refractivity contribution < 1.29 is 24.1 Å². The number of carboxylic acid groups (broad SMARTS) is 1. The van der Waals surface area contributed by atoms with E-state index in [1.807, 2.05) is 88.3 Å². The van der Waals surface area contributed by atoms with E-state index in [2.05, 4.69) is 79.3 Å². The molecule has 5 nitrogen and oxygen atoms in total. The SMILES string of the molecule is C=C/C=C(\C=C/C)[C](C)(C)[Sb]([C]#CCOC(C)CCOC(C)(C)COCC(=O)O)[c]1ccccc1.C=CC.CC.CC.CC. The summed E-state index contributed by atoms with van der Waals surface area (Å²) in [5, 5.41) is 8.68. The first kappa shape index (κ1) is 48.8. The average Bonchev–Trinajstić information content (AvgIpc) is 3.00. The van der Waals surface area contributed by atoms with Crippen LogP contribution in [0.5, 0.6) is 0 Å². The van der Waals surface area contributed by atoms with Crippen molar-refractivity contribution in [3.8, 4) is 9.79 Å². The molecule has 1 rings (SSSR count). The number of hydrogen-bond donors (Lipinski definition) is 1. The van der Waals surface area contributed by atoms with Gasteiger partial charge in [-0.25, -0.2) is 4.79 Å². The number of ether oxygens (including phenoxy) is 3. The van der Waals surface area contributed by atoms with Crippen LogP contribution in [0.3, 0.4) is 0 Å². The fourth-order valence-electron chi connectivity index (χ4n) is 3.31. The van der Waals surface area contributed by atoms with Gasteiger partial charge in [0.25, 0.3) is 0 Å². The molecule has 0 aliphatic heterocycles. The second kappa shape index (κ2) is 32.3. The second-order valence-electron chi connectivity index (χ2n) is 9.69. The summed E-state index contributed by atoms with van der Waals surface area (Å²) < 4.78 is 21.9. The van der Waals surface area contributed by atoms with E-state index in [0.29, 0.717) is 19.6 Å². The van der Waals surface area contributed by atoms with Crippen molar-refractivity contribution in [2.45, 2.75) is 111 Å². The van der Waals surface area contributed by atoms with Crippen molar-refractivity contribution in [3.05, 3.63) is 79.4 Å². The summed E-state index contributed by atoms with van der Waals surface area (Å²) in [5.74, 6) is 2.34. The molecule has 6 heteroatoms. The normalized spacial score (nSPS) is 11.5. The number of benzene rings is 1. The summed E-state index contributed by atoms with van der Waals surface area (Å²) in [5.41, 5.74) is 0.693. The quantitative estimate of drug-likeness (QED) is 0.0846. The Labute approximate surface area is 279 Å². The van der Waals surface area contributed by atoms with Gasteiger partial charge in [0.1, 0.15) is 0 Å². The molecule has 0 heterocycles. The number of hydrogen-bond acceptors (Lipinski definition) is 4. The molecule has 1 aromatic rings. The van der Waals surface area contributed by atoms with E-state index < -0.39 is 31.8 Å². The zero-order chi connectivity index (χ0) is 35.0. The number of rotatable bonds is 15. The van der Waals surface area contributed by atoms with E-state index in [0.717, 1.165) is 0 Å². The molecule has 252 valence electrons. The first-order valence-electron chi connectivity index (χ1n) is 15.9. The third-order valence-corrected chi connectivity index (χ3v) is 12.6. The average molecular weight is 724 g/mol. The third-order valence-electron chi connectivity index (χ3n) is 5.25. The molecule has 0 saturated heterocycles. The second-order valence-corrected chi connectivity index (χ2v) is 16.9. The Bertz CT molecular complexity index is 952. The molecule has 0 bridgehead atoms. The van der Waals surface area contributed by atoms with Gasteiger partial charge in [-0.05, 0) is 6.92 Å². The van der Waals surface area contributed by atoms with E-state index in [1.165, 1.54) is 9.08 Å². The monoisotopic (exact) mass is 722 g/mol. The first-order chi connectivity index (χ1) is 20.9. The van der Waals surface area contributed by atoms with Crippen molar-refractivity contribution in [2.75, 3.05) is 26.4 Å². The Kier molecular flexibility index (Phi) is 35.8. The summed E-state index contributed by atoms with van der Waals surface area (Å²) in [4.78, 5) is 10.6. The summed E-state index contributed by atoms with van der Waals surface area (Å²) in [6, 6.07) is 10.6. The van der Waals surface area contributed by atoms with Crippen molar-refractivity contribution in [2.24, 2.45) is 0 Å². The van der Waals surface area contributed by atoms with Gasteiger partial charge >= 0.3 is 210 Å². The number of carbonyl (C=O) groups is 1. The van der Waals surface area contributed by atoms with Crippen LogP contribution in [0.4, 0.5) is 0 Å². The summed E-state index contributed by atoms with van der Waals surface area (Å²) in [6.45, 7) is 34.3. The van der Waals surface area contributed by atoms with Crippen molar-refractivity contribution in [3.63, 3.8) is 0 Å². The molecule has 0 aromatic heterocycles. The van der Waals surface area contributed by atoms with E-state index in [-0.39, 0.29) is 22.7 Å². The third kappa shape index (κ3) is 25.3. The van der Waals surface area contributed by atoms with Crippen LogP contribution in [-0.4, -0.2) is 69.4 Å². The van der Waals surface area contributed by atoms with Gasteiger partial charge < -0.3 is 5.11 Å². The van der Waals surface area contributed by atoms with Crippen LogP contribution in [0.25, 0.3) is 0 Å². The van der Waals surface area contributed by atoms with Gasteiger partial charge in [-0.1, -0.05) is 47.6 Å². The van der Waals surface area contributed by atoms with Crippen molar-refractivity contribution >= 4 is 29.7 Å². The molecule has 0 amide bonds. The Hall–Kier alpha value is -2.09. The Morgan fingerprint density at radius 1 is 1.02 bits per heavy atom. The van der Waals surface area contributed by atoms with Crippen LogP contribution in [-0.2, 0) is 19.0 Å². The van der Waals surface area contributed by atoms with Gasteiger partial charge in [-0.2, -0.15) is 0 Å². The van der Waals surface area contributed by atoms with Crippen LogP contribution in [0.2, 0.25) is 3.36 Å². The fraction of sp³-hybridized carbons (Fsp3) is 0.553. The molecule has 44 heavy (non-hydrogen) atoms. The Balaban J connectivity index is -0.000000802. The number of carboxylic acids is 1. The number of aliphatic carboxylic acids is 1. The summed E-state index contributed by atoms with van der Waals surface area (Å²) in [7, 11) is 0. The van der Waals surface area contributed by atoms with Crippen LogP contribution in [0.1, 0.15) is 96.4 Å². The van der Waals surface area contributed by atoms with Crippen LogP contribution < -0.4 is 3.51 Å². The molecule has 0 fully saturated rings. The van der Waals surface area contributed by atoms with Crippen LogP contribution in [0.15, 0.2) is 79.4 Å². The maximum Gasteiger partial charge on any atom is -0.0473 e. The molecular formula is C38H65O5Sb. The molecule has 1 N–H and O–H groups in total. The zero-order valence-corrected chi connectivity index (χ0v) is 32.9. The predicted octanol–water partition coefficient (Wildman–Crippen LogP) is 9.36. The van der Waals surface area contributed by atoms with Crippen molar-refractivity contribution in [1.29, 1.82) is 0 Å². The fourth-order valence-corrected chi connectivity index (χ4v) is 9.46. The largest absolute Gasteiger partial charge is 0.103 e. The molecule has 0 aliphatic rings. The minimum atomic E-state index is -2.29. The number of allylic oxidation sites excluding steroid dienone is 6. The maximum absolute atomic E-state index is 10.6. The van der Waals surface area contributed by atoms with E-state index in [1.54, 1.807) is 6.08 Å². The summed E-state index contributed by atoms with van der Waals surface area (Å²) >= 11 is -2.29. The molecule has 0 saturated carbocycles. The summed E-state index contributed by atoms with van der Waals surface area (Å²) in [6.07, 6.45) is 10.6. The molecule has 0 spiro atoms. The van der Waals surface area contributed by atoms with E-state index in [4.69, 9.17) is 19.3 Å². The standard InChI is InChI=1S/C13H21O5.C10H15.C6H5.C3H6.3C2H6.Sb/c1-5-7-17-11(2)6-8-18-13(3,4)10-16-9-12(14)15;1-5-7-10(8-6-2)9(3)4;1-2-4-6-5-3-1;1-3-2;3*1-2;/h11H,6-10H2,2-4H3,(H,14,15);5-8H,1H2,2-4H3;1-5H;3H,1H2,2H3;3*1-2H3;/b;8-6-,10-7+;;;;;;. The Morgan fingerprint density at radius 3 is 2.05 bits per heavy atom. The molecule has 1 atom stereocenters. The van der Waals surface area contributed by atoms with Crippen LogP contribution in [0, 0.1) is 9.79 Å². The minimum Gasteiger partial charge on any atom is -0.103 e. The van der Waals surface area contributed by atoms with Gasteiger partial charge in [0.2, 0.25) is 0 Å². The van der Waals surface area contributed by atoms with Gasteiger partial charge in [-0.3, -0.25) is 0 Å².